The van der Waals surface area contributed by atoms with Crippen LogP contribution in [0.1, 0.15) is 48.1 Å². The van der Waals surface area contributed by atoms with Gasteiger partial charge in [-0.1, -0.05) is 56.3 Å². The molecule has 0 saturated carbocycles. The molecule has 2 aromatic rings. The predicted molar refractivity (Wildman–Crippen MR) is 80.3 cm³/mol. The molecule has 20 heavy (non-hydrogen) atoms. The van der Waals surface area contributed by atoms with Gasteiger partial charge in [0.05, 0.1) is 6.10 Å². The fraction of sp³-hybridized carbons (Fsp3) is 0.333. The number of aryl methyl sites for hydroxylation is 1. The topological polar surface area (TPSA) is 20.2 Å². The highest BCUT2D eigenvalue weighted by atomic mass is 19.1. The first kappa shape index (κ1) is 14.7. The molecule has 2 aromatic carbocycles. The molecular formula is C18H21FO. The van der Waals surface area contributed by atoms with E-state index in [1.165, 1.54) is 5.56 Å². The van der Waals surface area contributed by atoms with Gasteiger partial charge >= 0.3 is 0 Å². The SMILES string of the molecule is Cc1cccc(C(O)Cc2ccc(C(C)C)cc2)c1F. The molecule has 1 unspecified atom stereocenters. The van der Waals surface area contributed by atoms with Gasteiger partial charge in [0.2, 0.25) is 0 Å². The lowest BCUT2D eigenvalue weighted by Crippen LogP contribution is -2.05. The molecule has 0 heterocycles. The lowest BCUT2D eigenvalue weighted by Gasteiger charge is -2.14. The van der Waals surface area contributed by atoms with Crippen molar-refractivity contribution in [2.75, 3.05) is 0 Å². The van der Waals surface area contributed by atoms with Crippen LogP contribution in [0, 0.1) is 12.7 Å². The third-order valence-electron chi connectivity index (χ3n) is 3.66. The summed E-state index contributed by atoms with van der Waals surface area (Å²) in [6.45, 7) is 6.00. The number of halogens is 1. The molecule has 0 bridgehead atoms. The monoisotopic (exact) mass is 272 g/mol. The van der Waals surface area contributed by atoms with Crippen molar-refractivity contribution in [3.8, 4) is 0 Å². The maximum atomic E-state index is 14.0. The molecule has 106 valence electrons. The molecule has 0 aliphatic carbocycles. The van der Waals surface area contributed by atoms with E-state index in [9.17, 15) is 9.50 Å². The number of hydrogen-bond acceptors (Lipinski definition) is 1. The van der Waals surface area contributed by atoms with Crippen LogP contribution >= 0.6 is 0 Å². The second kappa shape index (κ2) is 6.19. The van der Waals surface area contributed by atoms with E-state index in [4.69, 9.17) is 0 Å². The third-order valence-corrected chi connectivity index (χ3v) is 3.66. The molecule has 2 heteroatoms. The Morgan fingerprint density at radius 2 is 1.70 bits per heavy atom. The van der Waals surface area contributed by atoms with Gasteiger partial charge in [0, 0.05) is 12.0 Å². The molecule has 0 aliphatic heterocycles. The smallest absolute Gasteiger partial charge is 0.131 e. The Kier molecular flexibility index (Phi) is 4.56. The van der Waals surface area contributed by atoms with Crippen molar-refractivity contribution >= 4 is 0 Å². The molecule has 0 fully saturated rings. The Labute approximate surface area is 120 Å². The maximum absolute atomic E-state index is 14.0. The van der Waals surface area contributed by atoms with E-state index in [-0.39, 0.29) is 5.82 Å². The van der Waals surface area contributed by atoms with Gasteiger partial charge in [0.25, 0.3) is 0 Å². The Hall–Kier alpha value is -1.67. The second-order valence-electron chi connectivity index (χ2n) is 5.59. The Morgan fingerprint density at radius 1 is 1.05 bits per heavy atom. The fourth-order valence-electron chi connectivity index (χ4n) is 2.30. The molecule has 0 saturated heterocycles. The van der Waals surface area contributed by atoms with Crippen LogP contribution in [0.2, 0.25) is 0 Å². The van der Waals surface area contributed by atoms with Crippen LogP contribution in [-0.2, 0) is 6.42 Å². The lowest BCUT2D eigenvalue weighted by molar-refractivity contribution is 0.173. The van der Waals surface area contributed by atoms with E-state index < -0.39 is 6.10 Å². The Morgan fingerprint density at radius 3 is 2.30 bits per heavy atom. The molecule has 0 aromatic heterocycles. The van der Waals surface area contributed by atoms with Crippen molar-refractivity contribution in [1.29, 1.82) is 0 Å². The minimum absolute atomic E-state index is 0.307. The first-order valence-corrected chi connectivity index (χ1v) is 7.01. The molecule has 1 N–H and O–H groups in total. The van der Waals surface area contributed by atoms with Crippen molar-refractivity contribution in [1.82, 2.24) is 0 Å². The van der Waals surface area contributed by atoms with Crippen LogP contribution < -0.4 is 0 Å². The molecule has 0 radical (unpaired) electrons. The standard InChI is InChI=1S/C18H21FO/c1-12(2)15-9-7-14(8-10-15)11-17(20)16-6-4-5-13(3)18(16)19/h4-10,12,17,20H,11H2,1-3H3. The minimum Gasteiger partial charge on any atom is -0.388 e. The van der Waals surface area contributed by atoms with Crippen LogP contribution in [0.3, 0.4) is 0 Å². The fourth-order valence-corrected chi connectivity index (χ4v) is 2.30. The largest absolute Gasteiger partial charge is 0.388 e. The normalized spacial score (nSPS) is 12.7. The van der Waals surface area contributed by atoms with Crippen LogP contribution in [0.15, 0.2) is 42.5 Å². The van der Waals surface area contributed by atoms with Crippen molar-refractivity contribution in [3.05, 3.63) is 70.5 Å². The Balaban J connectivity index is 2.15. The van der Waals surface area contributed by atoms with Gasteiger partial charge < -0.3 is 5.11 Å². The molecule has 0 amide bonds. The van der Waals surface area contributed by atoms with Crippen LogP contribution in [0.4, 0.5) is 4.39 Å². The number of rotatable bonds is 4. The summed E-state index contributed by atoms with van der Waals surface area (Å²) >= 11 is 0. The minimum atomic E-state index is -0.806. The first-order chi connectivity index (χ1) is 9.49. The zero-order chi connectivity index (χ0) is 14.7. The molecule has 2 rings (SSSR count). The highest BCUT2D eigenvalue weighted by Crippen LogP contribution is 2.24. The number of aliphatic hydroxyl groups is 1. The first-order valence-electron chi connectivity index (χ1n) is 7.01. The van der Waals surface area contributed by atoms with E-state index >= 15 is 0 Å². The van der Waals surface area contributed by atoms with Gasteiger partial charge in [-0.05, 0) is 29.5 Å². The molecule has 1 nitrogen and oxygen atoms in total. The van der Waals surface area contributed by atoms with Crippen molar-refractivity contribution in [2.45, 2.75) is 39.2 Å². The number of hydrogen-bond donors (Lipinski definition) is 1. The maximum Gasteiger partial charge on any atom is 0.131 e. The summed E-state index contributed by atoms with van der Waals surface area (Å²) < 4.78 is 14.0. The highest BCUT2D eigenvalue weighted by Gasteiger charge is 2.14. The summed E-state index contributed by atoms with van der Waals surface area (Å²) in [5.74, 6) is 0.182. The molecular weight excluding hydrogens is 251 g/mol. The van der Waals surface area contributed by atoms with Crippen molar-refractivity contribution in [2.24, 2.45) is 0 Å². The van der Waals surface area contributed by atoms with Gasteiger partial charge in [-0.25, -0.2) is 4.39 Å². The van der Waals surface area contributed by atoms with E-state index in [2.05, 4.69) is 26.0 Å². The van der Waals surface area contributed by atoms with Gasteiger partial charge in [-0.15, -0.1) is 0 Å². The average molecular weight is 272 g/mol. The summed E-state index contributed by atoms with van der Waals surface area (Å²) in [6, 6.07) is 13.3. The van der Waals surface area contributed by atoms with Gasteiger partial charge in [-0.3, -0.25) is 0 Å². The van der Waals surface area contributed by atoms with Crippen molar-refractivity contribution < 1.29 is 9.50 Å². The lowest BCUT2D eigenvalue weighted by atomic mass is 9.96. The predicted octanol–water partition coefficient (Wildman–Crippen LogP) is 4.53. The number of aliphatic hydroxyl groups excluding tert-OH is 1. The molecule has 0 spiro atoms. The van der Waals surface area contributed by atoms with Gasteiger partial charge in [0.1, 0.15) is 5.82 Å². The van der Waals surface area contributed by atoms with Gasteiger partial charge in [0.15, 0.2) is 0 Å². The third kappa shape index (κ3) is 3.26. The zero-order valence-corrected chi connectivity index (χ0v) is 12.2. The van der Waals surface area contributed by atoms with Crippen molar-refractivity contribution in [3.63, 3.8) is 0 Å². The number of benzene rings is 2. The Bertz CT molecular complexity index is 572. The summed E-state index contributed by atoms with van der Waals surface area (Å²) in [5.41, 5.74) is 3.22. The summed E-state index contributed by atoms with van der Waals surface area (Å²) in [7, 11) is 0. The molecule has 1 atom stereocenters. The average Bonchev–Trinajstić information content (AvgIpc) is 2.42. The van der Waals surface area contributed by atoms with Crippen LogP contribution in [-0.4, -0.2) is 5.11 Å². The van der Waals surface area contributed by atoms with E-state index in [0.29, 0.717) is 23.5 Å². The second-order valence-corrected chi connectivity index (χ2v) is 5.59. The quantitative estimate of drug-likeness (QED) is 0.866. The zero-order valence-electron chi connectivity index (χ0n) is 12.2. The molecule has 0 aliphatic rings. The van der Waals surface area contributed by atoms with Crippen LogP contribution in [0.5, 0.6) is 0 Å². The van der Waals surface area contributed by atoms with E-state index in [0.717, 1.165) is 5.56 Å². The van der Waals surface area contributed by atoms with Crippen LogP contribution in [0.25, 0.3) is 0 Å². The van der Waals surface area contributed by atoms with Gasteiger partial charge in [-0.2, -0.15) is 0 Å². The highest BCUT2D eigenvalue weighted by molar-refractivity contribution is 5.30. The summed E-state index contributed by atoms with van der Waals surface area (Å²) in [4.78, 5) is 0. The van der Waals surface area contributed by atoms with E-state index in [1.54, 1.807) is 25.1 Å². The summed E-state index contributed by atoms with van der Waals surface area (Å²) in [5, 5.41) is 10.2. The van der Waals surface area contributed by atoms with E-state index in [1.807, 2.05) is 12.1 Å². The summed E-state index contributed by atoms with van der Waals surface area (Å²) in [6.07, 6.45) is -0.376.